The smallest absolute Gasteiger partial charge is 0.357 e. The molecule has 0 amide bonds. The summed E-state index contributed by atoms with van der Waals surface area (Å²) in [5.74, 6) is 0.0425. The van der Waals surface area contributed by atoms with Crippen LogP contribution in [0, 0.1) is 0 Å². The van der Waals surface area contributed by atoms with Gasteiger partial charge in [-0.3, -0.25) is 0 Å². The van der Waals surface area contributed by atoms with Crippen LogP contribution in [-0.4, -0.2) is 35.0 Å². The van der Waals surface area contributed by atoms with Crippen molar-refractivity contribution in [2.24, 2.45) is 0 Å². The number of aromatic nitrogens is 3. The van der Waals surface area contributed by atoms with Gasteiger partial charge in [0.25, 0.3) is 6.43 Å². The zero-order valence-electron chi connectivity index (χ0n) is 13.3. The first-order valence-electron chi connectivity index (χ1n) is 7.10. The fourth-order valence-electron chi connectivity index (χ4n) is 2.18. The minimum Gasteiger partial charge on any atom is -0.497 e. The normalized spacial score (nSPS) is 10.9. The van der Waals surface area contributed by atoms with E-state index in [-0.39, 0.29) is 16.5 Å². The van der Waals surface area contributed by atoms with Crippen molar-refractivity contribution in [3.63, 3.8) is 0 Å². The number of halogens is 2. The molecule has 0 aliphatic rings. The van der Waals surface area contributed by atoms with Crippen molar-refractivity contribution >= 4 is 17.3 Å². The van der Waals surface area contributed by atoms with Gasteiger partial charge in [-0.05, 0) is 30.3 Å². The van der Waals surface area contributed by atoms with E-state index < -0.39 is 12.4 Å². The van der Waals surface area contributed by atoms with E-state index in [1.165, 1.54) is 30.3 Å². The fraction of sp³-hybridized carbons (Fsp3) is 0.188. The Morgan fingerprint density at radius 3 is 2.56 bits per heavy atom. The van der Waals surface area contributed by atoms with Gasteiger partial charge in [-0.2, -0.15) is 5.10 Å². The number of thiazole rings is 1. The van der Waals surface area contributed by atoms with E-state index in [0.717, 1.165) is 11.3 Å². The largest absolute Gasteiger partial charge is 0.497 e. The van der Waals surface area contributed by atoms with Crippen LogP contribution in [0.5, 0.6) is 5.75 Å². The lowest BCUT2D eigenvalue weighted by Gasteiger charge is -2.05. The highest BCUT2D eigenvalue weighted by Gasteiger charge is 2.20. The molecule has 0 atom stereocenters. The number of carbonyl (C=O) groups is 1. The second kappa shape index (κ2) is 6.98. The van der Waals surface area contributed by atoms with E-state index in [4.69, 9.17) is 4.74 Å². The van der Waals surface area contributed by atoms with Crippen LogP contribution in [0.1, 0.15) is 22.6 Å². The lowest BCUT2D eigenvalue weighted by atomic mass is 10.1. The highest BCUT2D eigenvalue weighted by atomic mass is 32.1. The van der Waals surface area contributed by atoms with E-state index in [1.807, 2.05) is 0 Å². The molecule has 25 heavy (non-hydrogen) atoms. The van der Waals surface area contributed by atoms with Crippen molar-refractivity contribution in [3.8, 4) is 22.1 Å². The minimum absolute atomic E-state index is 0.0947. The molecule has 3 rings (SSSR count). The number of hydrogen-bond donors (Lipinski definition) is 0. The Labute approximate surface area is 145 Å². The monoisotopic (exact) mass is 365 g/mol. The zero-order valence-corrected chi connectivity index (χ0v) is 14.1. The Kier molecular flexibility index (Phi) is 4.75. The summed E-state index contributed by atoms with van der Waals surface area (Å²) in [7, 11) is 2.78. The van der Waals surface area contributed by atoms with Crippen LogP contribution in [0.3, 0.4) is 0 Å². The highest BCUT2D eigenvalue weighted by Crippen LogP contribution is 2.30. The van der Waals surface area contributed by atoms with Gasteiger partial charge in [0.05, 0.1) is 19.9 Å². The van der Waals surface area contributed by atoms with Crippen LogP contribution in [0.25, 0.3) is 16.4 Å². The standard InChI is InChI=1S/C16H13F2N3O3S/c1-23-10-5-3-9(4-6-10)13-7-11(14(17)18)20-21(13)16-19-12(8-25-16)15(22)24-2/h3-8,14H,1-2H3. The van der Waals surface area contributed by atoms with Gasteiger partial charge in [0, 0.05) is 10.9 Å². The van der Waals surface area contributed by atoms with Crippen molar-refractivity contribution in [1.82, 2.24) is 14.8 Å². The Bertz CT molecular complexity index is 890. The van der Waals surface area contributed by atoms with Gasteiger partial charge < -0.3 is 9.47 Å². The maximum absolute atomic E-state index is 13.1. The Morgan fingerprint density at radius 1 is 1.24 bits per heavy atom. The zero-order chi connectivity index (χ0) is 18.0. The summed E-state index contributed by atoms with van der Waals surface area (Å²) in [5.41, 5.74) is 0.816. The molecule has 0 N–H and O–H groups in total. The molecular formula is C16H13F2N3O3S. The average Bonchev–Trinajstić information content (AvgIpc) is 3.28. The molecule has 130 valence electrons. The van der Waals surface area contributed by atoms with Crippen molar-refractivity contribution in [2.45, 2.75) is 6.43 Å². The van der Waals surface area contributed by atoms with Crippen molar-refractivity contribution in [2.75, 3.05) is 14.2 Å². The Balaban J connectivity index is 2.08. The molecule has 0 radical (unpaired) electrons. The SMILES string of the molecule is COC(=O)c1csc(-n2nc(C(F)F)cc2-c2ccc(OC)cc2)n1. The number of benzene rings is 1. The van der Waals surface area contributed by atoms with Crippen molar-refractivity contribution in [3.05, 3.63) is 47.1 Å². The van der Waals surface area contributed by atoms with Crippen LogP contribution >= 0.6 is 11.3 Å². The molecular weight excluding hydrogens is 352 g/mol. The van der Waals surface area contributed by atoms with Gasteiger partial charge in [0.1, 0.15) is 11.4 Å². The lowest BCUT2D eigenvalue weighted by molar-refractivity contribution is 0.0595. The van der Waals surface area contributed by atoms with Crippen molar-refractivity contribution in [1.29, 1.82) is 0 Å². The summed E-state index contributed by atoms with van der Waals surface area (Å²) < 4.78 is 37.2. The maximum Gasteiger partial charge on any atom is 0.357 e. The van der Waals surface area contributed by atoms with E-state index in [1.54, 1.807) is 24.3 Å². The molecule has 2 heterocycles. The molecule has 6 nitrogen and oxygen atoms in total. The van der Waals surface area contributed by atoms with Gasteiger partial charge in [-0.25, -0.2) is 23.2 Å². The first kappa shape index (κ1) is 17.0. The van der Waals surface area contributed by atoms with Gasteiger partial charge in [0.15, 0.2) is 5.69 Å². The quantitative estimate of drug-likeness (QED) is 0.645. The maximum atomic E-state index is 13.1. The Hall–Kier alpha value is -2.81. The number of alkyl halides is 2. The molecule has 0 aliphatic heterocycles. The van der Waals surface area contributed by atoms with Gasteiger partial charge in [-0.15, -0.1) is 11.3 Å². The van der Waals surface area contributed by atoms with Crippen LogP contribution in [0.4, 0.5) is 8.78 Å². The summed E-state index contributed by atoms with van der Waals surface area (Å²) in [4.78, 5) is 15.7. The lowest BCUT2D eigenvalue weighted by Crippen LogP contribution is -2.04. The molecule has 0 saturated heterocycles. The average molecular weight is 365 g/mol. The number of methoxy groups -OCH3 is 2. The highest BCUT2D eigenvalue weighted by molar-refractivity contribution is 7.12. The number of carbonyl (C=O) groups excluding carboxylic acids is 1. The summed E-state index contributed by atoms with van der Waals surface area (Å²) in [6.45, 7) is 0. The summed E-state index contributed by atoms with van der Waals surface area (Å²) in [6, 6.07) is 8.20. The van der Waals surface area contributed by atoms with Gasteiger partial charge in [0.2, 0.25) is 5.13 Å². The van der Waals surface area contributed by atoms with Crippen molar-refractivity contribution < 1.29 is 23.0 Å². The first-order chi connectivity index (χ1) is 12.0. The van der Waals surface area contributed by atoms with Crippen LogP contribution in [0.2, 0.25) is 0 Å². The minimum atomic E-state index is -2.72. The molecule has 1 aromatic carbocycles. The molecule has 0 spiro atoms. The first-order valence-corrected chi connectivity index (χ1v) is 7.98. The van der Waals surface area contributed by atoms with E-state index in [2.05, 4.69) is 14.8 Å². The Morgan fingerprint density at radius 2 is 1.96 bits per heavy atom. The summed E-state index contributed by atoms with van der Waals surface area (Å²) in [5, 5.41) is 5.71. The molecule has 2 aromatic heterocycles. The topological polar surface area (TPSA) is 66.2 Å². The predicted octanol–water partition coefficient (Wildman–Crippen LogP) is 3.73. The molecule has 0 bridgehead atoms. The summed E-state index contributed by atoms with van der Waals surface area (Å²) >= 11 is 1.11. The van der Waals surface area contributed by atoms with Crippen LogP contribution < -0.4 is 4.74 Å². The molecule has 3 aromatic rings. The molecule has 0 aliphatic carbocycles. The number of ether oxygens (including phenoxy) is 2. The molecule has 0 unspecified atom stereocenters. The van der Waals surface area contributed by atoms with Gasteiger partial charge in [-0.1, -0.05) is 0 Å². The van der Waals surface area contributed by atoms with E-state index in [0.29, 0.717) is 17.0 Å². The van der Waals surface area contributed by atoms with Crippen LogP contribution in [0.15, 0.2) is 35.7 Å². The number of nitrogens with zero attached hydrogens (tertiary/aromatic N) is 3. The predicted molar refractivity (Wildman–Crippen MR) is 87.5 cm³/mol. The van der Waals surface area contributed by atoms with Gasteiger partial charge >= 0.3 is 5.97 Å². The summed E-state index contributed by atoms with van der Waals surface area (Å²) in [6.07, 6.45) is -2.72. The van der Waals surface area contributed by atoms with Crippen LogP contribution in [-0.2, 0) is 4.74 Å². The number of esters is 1. The number of hydrogen-bond acceptors (Lipinski definition) is 6. The number of rotatable bonds is 5. The third-order valence-corrected chi connectivity index (χ3v) is 4.22. The third-order valence-electron chi connectivity index (χ3n) is 3.41. The fourth-order valence-corrected chi connectivity index (χ4v) is 2.94. The second-order valence-electron chi connectivity index (χ2n) is 4.90. The van der Waals surface area contributed by atoms with E-state index >= 15 is 0 Å². The second-order valence-corrected chi connectivity index (χ2v) is 5.74. The molecule has 9 heteroatoms. The van der Waals surface area contributed by atoms with E-state index in [9.17, 15) is 13.6 Å². The molecule has 0 fully saturated rings. The third kappa shape index (κ3) is 3.36. The molecule has 0 saturated carbocycles.